The number of para-hydroxylation sites is 4. The van der Waals surface area contributed by atoms with Gasteiger partial charge >= 0.3 is 0 Å². The van der Waals surface area contributed by atoms with Crippen LogP contribution >= 0.6 is 0 Å². The molecule has 0 radical (unpaired) electrons. The molecule has 42 heavy (non-hydrogen) atoms. The zero-order valence-electron chi connectivity index (χ0n) is 23.1. The minimum atomic E-state index is 1.12. The summed E-state index contributed by atoms with van der Waals surface area (Å²) in [4.78, 5) is 2.33. The molecule has 8 aromatic rings. The fourth-order valence-electron chi connectivity index (χ4n) is 6.35. The van der Waals surface area contributed by atoms with E-state index in [4.69, 9.17) is 0 Å². The van der Waals surface area contributed by atoms with Crippen LogP contribution in [0.3, 0.4) is 0 Å². The molecule has 2 heteroatoms. The summed E-state index contributed by atoms with van der Waals surface area (Å²) in [7, 11) is 0. The lowest BCUT2D eigenvalue weighted by Crippen LogP contribution is -2.09. The van der Waals surface area contributed by atoms with Crippen LogP contribution in [0.15, 0.2) is 170 Å². The highest BCUT2D eigenvalue weighted by atomic mass is 15.1. The number of fused-ring (bicyclic) bond motifs is 4. The van der Waals surface area contributed by atoms with Crippen LogP contribution in [-0.2, 0) is 0 Å². The highest BCUT2D eigenvalue weighted by Crippen LogP contribution is 2.44. The second-order valence-corrected chi connectivity index (χ2v) is 10.6. The lowest BCUT2D eigenvalue weighted by atomic mass is 9.93. The molecule has 0 N–H and O–H groups in total. The van der Waals surface area contributed by atoms with E-state index in [1.165, 1.54) is 43.7 Å². The Morgan fingerprint density at radius 2 is 0.976 bits per heavy atom. The van der Waals surface area contributed by atoms with Crippen molar-refractivity contribution in [2.75, 3.05) is 4.90 Å². The Morgan fingerprint density at radius 1 is 0.405 bits per heavy atom. The van der Waals surface area contributed by atoms with Crippen LogP contribution in [0.5, 0.6) is 0 Å². The van der Waals surface area contributed by atoms with E-state index >= 15 is 0 Å². The van der Waals surface area contributed by atoms with Gasteiger partial charge in [0.05, 0.1) is 11.0 Å². The van der Waals surface area contributed by atoms with Gasteiger partial charge in [-0.2, -0.15) is 0 Å². The molecule has 0 aliphatic rings. The van der Waals surface area contributed by atoms with Gasteiger partial charge < -0.3 is 9.47 Å². The van der Waals surface area contributed by atoms with Crippen molar-refractivity contribution in [3.63, 3.8) is 0 Å². The Labute approximate surface area is 245 Å². The Morgan fingerprint density at radius 3 is 1.69 bits per heavy atom. The number of aromatic nitrogens is 1. The van der Waals surface area contributed by atoms with Gasteiger partial charge in [0.2, 0.25) is 0 Å². The summed E-state index contributed by atoms with van der Waals surface area (Å²) in [5.74, 6) is 0. The van der Waals surface area contributed by atoms with E-state index in [1.54, 1.807) is 0 Å². The molecule has 0 spiro atoms. The number of hydrogen-bond acceptors (Lipinski definition) is 1. The van der Waals surface area contributed by atoms with Gasteiger partial charge in [-0.15, -0.1) is 0 Å². The van der Waals surface area contributed by atoms with Crippen molar-refractivity contribution in [1.29, 1.82) is 0 Å². The maximum atomic E-state index is 2.41. The van der Waals surface area contributed by atoms with Crippen molar-refractivity contribution in [3.8, 4) is 16.8 Å². The lowest BCUT2D eigenvalue weighted by Gasteiger charge is -2.26. The van der Waals surface area contributed by atoms with E-state index in [0.717, 1.165) is 22.7 Å². The molecule has 0 amide bonds. The Hall–Kier alpha value is -5.60. The van der Waals surface area contributed by atoms with Gasteiger partial charge in [-0.05, 0) is 82.6 Å². The SMILES string of the molecule is c1ccc(N(c2ccccc2)c2cccc(-c3c4ccccc4cc4c3c3ccccc3n4-c3ccccc3)c2)cc1. The normalized spacial score (nSPS) is 11.3. The van der Waals surface area contributed by atoms with E-state index < -0.39 is 0 Å². The van der Waals surface area contributed by atoms with Crippen LogP contribution in [0.1, 0.15) is 0 Å². The highest BCUT2D eigenvalue weighted by molar-refractivity contribution is 6.23. The van der Waals surface area contributed by atoms with Gasteiger partial charge in [0, 0.05) is 33.5 Å². The van der Waals surface area contributed by atoms with Crippen LogP contribution in [-0.4, -0.2) is 4.57 Å². The molecular formula is C40H28N2. The van der Waals surface area contributed by atoms with Gasteiger partial charge in [-0.1, -0.05) is 109 Å². The molecule has 0 bridgehead atoms. The first-order valence-corrected chi connectivity index (χ1v) is 14.4. The molecule has 7 aromatic carbocycles. The zero-order valence-corrected chi connectivity index (χ0v) is 23.1. The van der Waals surface area contributed by atoms with Crippen LogP contribution in [0, 0.1) is 0 Å². The van der Waals surface area contributed by atoms with Gasteiger partial charge in [-0.25, -0.2) is 0 Å². The number of hydrogen-bond donors (Lipinski definition) is 0. The second kappa shape index (κ2) is 10.1. The third kappa shape index (κ3) is 3.96. The quantitative estimate of drug-likeness (QED) is 0.212. The van der Waals surface area contributed by atoms with Gasteiger partial charge in [-0.3, -0.25) is 0 Å². The first-order chi connectivity index (χ1) is 20.9. The van der Waals surface area contributed by atoms with Gasteiger partial charge in [0.1, 0.15) is 0 Å². The molecule has 0 aliphatic carbocycles. The molecule has 8 rings (SSSR count). The molecule has 0 fully saturated rings. The largest absolute Gasteiger partial charge is 0.310 e. The summed E-state index contributed by atoms with van der Waals surface area (Å²) in [6, 6.07) is 60.8. The van der Waals surface area contributed by atoms with Crippen molar-refractivity contribution in [1.82, 2.24) is 4.57 Å². The van der Waals surface area contributed by atoms with E-state index in [0.29, 0.717) is 0 Å². The first kappa shape index (κ1) is 24.2. The van der Waals surface area contributed by atoms with Crippen LogP contribution in [0.4, 0.5) is 17.1 Å². The molecule has 2 nitrogen and oxygen atoms in total. The third-order valence-corrected chi connectivity index (χ3v) is 8.12. The summed E-state index contributed by atoms with van der Waals surface area (Å²) in [6.45, 7) is 0. The molecule has 0 saturated carbocycles. The predicted octanol–water partition coefficient (Wildman–Crippen LogP) is 11.1. The molecule has 198 valence electrons. The summed E-state index contributed by atoms with van der Waals surface area (Å²) < 4.78 is 2.41. The fourth-order valence-corrected chi connectivity index (χ4v) is 6.35. The number of anilines is 3. The summed E-state index contributed by atoms with van der Waals surface area (Å²) in [5.41, 5.74) is 9.43. The van der Waals surface area contributed by atoms with Crippen molar-refractivity contribution in [2.45, 2.75) is 0 Å². The summed E-state index contributed by atoms with van der Waals surface area (Å²) in [6.07, 6.45) is 0. The van der Waals surface area contributed by atoms with E-state index in [2.05, 4.69) is 179 Å². The summed E-state index contributed by atoms with van der Waals surface area (Å²) >= 11 is 0. The lowest BCUT2D eigenvalue weighted by molar-refractivity contribution is 1.18. The first-order valence-electron chi connectivity index (χ1n) is 14.4. The molecule has 0 aliphatic heterocycles. The van der Waals surface area contributed by atoms with E-state index in [-0.39, 0.29) is 0 Å². The zero-order chi connectivity index (χ0) is 27.9. The number of benzene rings is 7. The van der Waals surface area contributed by atoms with Crippen molar-refractivity contribution in [2.24, 2.45) is 0 Å². The van der Waals surface area contributed by atoms with Crippen molar-refractivity contribution < 1.29 is 0 Å². The maximum absolute atomic E-state index is 2.41. The standard InChI is InChI=1S/C40H28N2/c1-4-17-31(18-5-1)41(32-19-6-2-7-20-32)34-23-14-16-30(27-34)39-35-24-11-10-15-29(35)28-38-40(39)36-25-12-13-26-37(36)42(38)33-21-8-3-9-22-33/h1-28H. The smallest absolute Gasteiger partial charge is 0.0553 e. The summed E-state index contributed by atoms with van der Waals surface area (Å²) in [5, 5.41) is 5.01. The van der Waals surface area contributed by atoms with Crippen molar-refractivity contribution >= 4 is 49.6 Å². The monoisotopic (exact) mass is 536 g/mol. The number of nitrogens with zero attached hydrogens (tertiary/aromatic N) is 2. The average molecular weight is 537 g/mol. The highest BCUT2D eigenvalue weighted by Gasteiger charge is 2.20. The maximum Gasteiger partial charge on any atom is 0.0553 e. The average Bonchev–Trinajstić information content (AvgIpc) is 3.39. The minimum absolute atomic E-state index is 1.12. The van der Waals surface area contributed by atoms with Crippen LogP contribution < -0.4 is 4.90 Å². The molecule has 0 atom stereocenters. The Balaban J connectivity index is 1.45. The topological polar surface area (TPSA) is 8.17 Å². The van der Waals surface area contributed by atoms with E-state index in [9.17, 15) is 0 Å². The second-order valence-electron chi connectivity index (χ2n) is 10.6. The minimum Gasteiger partial charge on any atom is -0.310 e. The van der Waals surface area contributed by atoms with Crippen LogP contribution in [0.25, 0.3) is 49.4 Å². The third-order valence-electron chi connectivity index (χ3n) is 8.12. The van der Waals surface area contributed by atoms with Gasteiger partial charge in [0.25, 0.3) is 0 Å². The van der Waals surface area contributed by atoms with Crippen LogP contribution in [0.2, 0.25) is 0 Å². The molecule has 1 aromatic heterocycles. The Kier molecular flexibility index (Phi) is 5.82. The Bertz CT molecular complexity index is 2140. The molecule has 0 unspecified atom stereocenters. The fraction of sp³-hybridized carbons (Fsp3) is 0. The van der Waals surface area contributed by atoms with Crippen molar-refractivity contribution in [3.05, 3.63) is 170 Å². The number of rotatable bonds is 5. The molecular weight excluding hydrogens is 508 g/mol. The molecule has 1 heterocycles. The predicted molar refractivity (Wildman–Crippen MR) is 178 cm³/mol. The van der Waals surface area contributed by atoms with Gasteiger partial charge in [0.15, 0.2) is 0 Å². The van der Waals surface area contributed by atoms with E-state index in [1.807, 2.05) is 0 Å². The molecule has 0 saturated heterocycles.